The van der Waals surface area contributed by atoms with Crippen LogP contribution in [0.4, 0.5) is 0 Å². The van der Waals surface area contributed by atoms with Gasteiger partial charge in [0.25, 0.3) is 0 Å². The van der Waals surface area contributed by atoms with Gasteiger partial charge < -0.3 is 15.3 Å². The standard InChI is InChI=1S/C10H21N5O/c1-14(2)6-4-11-8-10-9-15(13-12-10)5-3-7-16/h9,11,16H,3-8H2,1-2H3. The van der Waals surface area contributed by atoms with Crippen LogP contribution < -0.4 is 5.32 Å². The topological polar surface area (TPSA) is 66.2 Å². The molecular weight excluding hydrogens is 206 g/mol. The lowest BCUT2D eigenvalue weighted by Crippen LogP contribution is -2.26. The summed E-state index contributed by atoms with van der Waals surface area (Å²) in [4.78, 5) is 2.13. The average Bonchev–Trinajstić information content (AvgIpc) is 2.69. The first-order valence-electron chi connectivity index (χ1n) is 5.57. The first kappa shape index (κ1) is 13.1. The lowest BCUT2D eigenvalue weighted by Gasteiger charge is -2.08. The Labute approximate surface area is 96.3 Å². The van der Waals surface area contributed by atoms with Crippen LogP contribution in [0.25, 0.3) is 0 Å². The molecule has 0 amide bonds. The molecule has 1 heterocycles. The van der Waals surface area contributed by atoms with E-state index in [0.717, 1.165) is 38.3 Å². The molecule has 0 atom stereocenters. The molecule has 6 nitrogen and oxygen atoms in total. The SMILES string of the molecule is CN(C)CCNCc1cn(CCCO)nn1. The van der Waals surface area contributed by atoms with Gasteiger partial charge in [0.1, 0.15) is 0 Å². The first-order valence-corrected chi connectivity index (χ1v) is 5.57. The normalized spacial score (nSPS) is 11.2. The highest BCUT2D eigenvalue weighted by atomic mass is 16.3. The molecule has 2 N–H and O–H groups in total. The van der Waals surface area contributed by atoms with Crippen LogP contribution in [0, 0.1) is 0 Å². The van der Waals surface area contributed by atoms with E-state index in [1.54, 1.807) is 4.68 Å². The Bertz CT molecular complexity index is 286. The molecule has 0 fully saturated rings. The molecule has 0 radical (unpaired) electrons. The molecule has 1 rings (SSSR count). The summed E-state index contributed by atoms with van der Waals surface area (Å²) >= 11 is 0. The van der Waals surface area contributed by atoms with Gasteiger partial charge in [-0.1, -0.05) is 5.21 Å². The number of nitrogens with one attached hydrogen (secondary N) is 1. The maximum Gasteiger partial charge on any atom is 0.0964 e. The number of aliphatic hydroxyl groups excluding tert-OH is 1. The predicted molar refractivity (Wildman–Crippen MR) is 62.0 cm³/mol. The molecule has 92 valence electrons. The molecule has 6 heteroatoms. The predicted octanol–water partition coefficient (Wildman–Crippen LogP) is -0.688. The van der Waals surface area contributed by atoms with Crippen molar-refractivity contribution in [3.63, 3.8) is 0 Å². The van der Waals surface area contributed by atoms with Crippen LogP contribution in [0.3, 0.4) is 0 Å². The largest absolute Gasteiger partial charge is 0.396 e. The summed E-state index contributed by atoms with van der Waals surface area (Å²) in [5, 5.41) is 20.0. The van der Waals surface area contributed by atoms with Gasteiger partial charge in [0.05, 0.1) is 5.69 Å². The highest BCUT2D eigenvalue weighted by molar-refractivity contribution is 4.91. The fraction of sp³-hybridized carbons (Fsp3) is 0.800. The Morgan fingerprint density at radius 3 is 3.00 bits per heavy atom. The van der Waals surface area contributed by atoms with Crippen molar-refractivity contribution in [3.05, 3.63) is 11.9 Å². The third-order valence-corrected chi connectivity index (χ3v) is 2.17. The highest BCUT2D eigenvalue weighted by Gasteiger charge is 1.99. The van der Waals surface area contributed by atoms with Crippen molar-refractivity contribution in [2.24, 2.45) is 0 Å². The number of rotatable bonds is 8. The summed E-state index contributed by atoms with van der Waals surface area (Å²) < 4.78 is 1.76. The Hall–Kier alpha value is -0.980. The molecule has 0 aliphatic carbocycles. The van der Waals surface area contributed by atoms with Crippen LogP contribution >= 0.6 is 0 Å². The van der Waals surface area contributed by atoms with Crippen LogP contribution in [-0.2, 0) is 13.1 Å². The zero-order valence-corrected chi connectivity index (χ0v) is 10.1. The monoisotopic (exact) mass is 227 g/mol. The molecule has 1 aromatic rings. The van der Waals surface area contributed by atoms with Gasteiger partial charge in [-0.05, 0) is 20.5 Å². The first-order chi connectivity index (χ1) is 7.72. The average molecular weight is 227 g/mol. The van der Waals surface area contributed by atoms with Crippen molar-refractivity contribution in [2.75, 3.05) is 33.8 Å². The molecule has 0 aliphatic rings. The summed E-state index contributed by atoms with van der Waals surface area (Å²) in [5.74, 6) is 0. The van der Waals surface area contributed by atoms with Crippen molar-refractivity contribution in [2.45, 2.75) is 19.5 Å². The smallest absolute Gasteiger partial charge is 0.0964 e. The van der Waals surface area contributed by atoms with Gasteiger partial charge in [0, 0.05) is 39.0 Å². The van der Waals surface area contributed by atoms with E-state index in [-0.39, 0.29) is 6.61 Å². The zero-order valence-electron chi connectivity index (χ0n) is 10.1. The Morgan fingerprint density at radius 2 is 2.31 bits per heavy atom. The van der Waals surface area contributed by atoms with E-state index in [4.69, 9.17) is 5.11 Å². The molecule has 0 aliphatic heterocycles. The highest BCUT2D eigenvalue weighted by Crippen LogP contribution is 1.93. The molecule has 0 saturated heterocycles. The minimum atomic E-state index is 0.191. The Kier molecular flexibility index (Phi) is 5.99. The number of hydrogen-bond acceptors (Lipinski definition) is 5. The molecule has 0 saturated carbocycles. The molecule has 0 aromatic carbocycles. The second-order valence-corrected chi connectivity index (χ2v) is 4.03. The zero-order chi connectivity index (χ0) is 11.8. The fourth-order valence-electron chi connectivity index (χ4n) is 1.28. The summed E-state index contributed by atoms with van der Waals surface area (Å²) in [7, 11) is 4.10. The Balaban J connectivity index is 2.19. The number of aliphatic hydroxyl groups is 1. The van der Waals surface area contributed by atoms with Gasteiger partial charge in [-0.3, -0.25) is 4.68 Å². The molecule has 0 spiro atoms. The summed E-state index contributed by atoms with van der Waals surface area (Å²) in [6.45, 7) is 3.61. The number of aryl methyl sites for hydroxylation is 1. The van der Waals surface area contributed by atoms with E-state index in [1.165, 1.54) is 0 Å². The minimum Gasteiger partial charge on any atom is -0.396 e. The van der Waals surface area contributed by atoms with Crippen LogP contribution in [0.2, 0.25) is 0 Å². The Morgan fingerprint density at radius 1 is 1.50 bits per heavy atom. The quantitative estimate of drug-likeness (QED) is 0.576. The second kappa shape index (κ2) is 7.32. The van der Waals surface area contributed by atoms with Gasteiger partial charge >= 0.3 is 0 Å². The molecule has 0 bridgehead atoms. The number of likely N-dealkylation sites (N-methyl/N-ethyl adjacent to an activating group) is 1. The van der Waals surface area contributed by atoms with Gasteiger partial charge in [0.2, 0.25) is 0 Å². The van der Waals surface area contributed by atoms with Gasteiger partial charge in [0.15, 0.2) is 0 Å². The van der Waals surface area contributed by atoms with Crippen LogP contribution in [-0.4, -0.2) is 58.8 Å². The molecular formula is C10H21N5O. The van der Waals surface area contributed by atoms with E-state index < -0.39 is 0 Å². The number of aromatic nitrogens is 3. The minimum absolute atomic E-state index is 0.191. The lowest BCUT2D eigenvalue weighted by atomic mass is 10.4. The summed E-state index contributed by atoms with van der Waals surface area (Å²) in [5.41, 5.74) is 0.941. The van der Waals surface area contributed by atoms with E-state index in [2.05, 4.69) is 20.5 Å². The van der Waals surface area contributed by atoms with Crippen molar-refractivity contribution >= 4 is 0 Å². The lowest BCUT2D eigenvalue weighted by molar-refractivity contribution is 0.276. The summed E-state index contributed by atoms with van der Waals surface area (Å²) in [6, 6.07) is 0. The van der Waals surface area contributed by atoms with E-state index in [9.17, 15) is 0 Å². The van der Waals surface area contributed by atoms with Gasteiger partial charge in [-0.15, -0.1) is 5.10 Å². The fourth-order valence-corrected chi connectivity index (χ4v) is 1.28. The van der Waals surface area contributed by atoms with Crippen LogP contribution in [0.15, 0.2) is 6.20 Å². The van der Waals surface area contributed by atoms with E-state index in [1.807, 2.05) is 20.3 Å². The van der Waals surface area contributed by atoms with Gasteiger partial charge in [-0.2, -0.15) is 0 Å². The third kappa shape index (κ3) is 5.20. The van der Waals surface area contributed by atoms with Gasteiger partial charge in [-0.25, -0.2) is 0 Å². The van der Waals surface area contributed by atoms with E-state index >= 15 is 0 Å². The molecule has 1 aromatic heterocycles. The second-order valence-electron chi connectivity index (χ2n) is 4.03. The number of nitrogens with zero attached hydrogens (tertiary/aromatic N) is 4. The third-order valence-electron chi connectivity index (χ3n) is 2.17. The van der Waals surface area contributed by atoms with Crippen LogP contribution in [0.5, 0.6) is 0 Å². The van der Waals surface area contributed by atoms with E-state index in [0.29, 0.717) is 0 Å². The van der Waals surface area contributed by atoms with Crippen molar-refractivity contribution in [3.8, 4) is 0 Å². The summed E-state index contributed by atoms with van der Waals surface area (Å²) in [6.07, 6.45) is 2.63. The van der Waals surface area contributed by atoms with Crippen molar-refractivity contribution in [1.29, 1.82) is 0 Å². The number of hydrogen-bond donors (Lipinski definition) is 2. The maximum absolute atomic E-state index is 8.68. The molecule has 16 heavy (non-hydrogen) atoms. The van der Waals surface area contributed by atoms with Crippen LogP contribution in [0.1, 0.15) is 12.1 Å². The van der Waals surface area contributed by atoms with Crippen molar-refractivity contribution < 1.29 is 5.11 Å². The van der Waals surface area contributed by atoms with Crippen molar-refractivity contribution in [1.82, 2.24) is 25.2 Å². The maximum atomic E-state index is 8.68. The molecule has 0 unspecified atom stereocenters.